The Morgan fingerprint density at radius 1 is 1.25 bits per heavy atom. The van der Waals surface area contributed by atoms with Crippen LogP contribution in [0.3, 0.4) is 0 Å². The summed E-state index contributed by atoms with van der Waals surface area (Å²) in [6.07, 6.45) is 4.77. The second-order valence-corrected chi connectivity index (χ2v) is 8.56. The van der Waals surface area contributed by atoms with Crippen molar-refractivity contribution in [2.24, 2.45) is 4.99 Å². The van der Waals surface area contributed by atoms with Crippen LogP contribution in [-0.2, 0) is 22.2 Å². The molecule has 0 atom stereocenters. The third-order valence-corrected chi connectivity index (χ3v) is 6.29. The van der Waals surface area contributed by atoms with Crippen molar-refractivity contribution in [1.82, 2.24) is 19.7 Å². The number of sulfonamides is 1. The van der Waals surface area contributed by atoms with Crippen LogP contribution in [0, 0.1) is 0 Å². The summed E-state index contributed by atoms with van der Waals surface area (Å²) in [6.45, 7) is 5.55. The zero-order chi connectivity index (χ0) is 19.8. The monoisotopic (exact) mass is 409 g/mol. The van der Waals surface area contributed by atoms with Crippen LogP contribution in [0.1, 0.15) is 24.8 Å². The van der Waals surface area contributed by atoms with Gasteiger partial charge in [-0.3, -0.25) is 4.99 Å². The minimum absolute atomic E-state index is 0.137. The summed E-state index contributed by atoms with van der Waals surface area (Å²) < 4.78 is 36.7. The quantitative estimate of drug-likeness (QED) is 0.518. The number of aromatic nitrogens is 1. The van der Waals surface area contributed by atoms with Gasteiger partial charge >= 0.3 is 0 Å². The summed E-state index contributed by atoms with van der Waals surface area (Å²) in [6, 6.07) is 5.40. The van der Waals surface area contributed by atoms with E-state index in [9.17, 15) is 8.42 Å². The zero-order valence-corrected chi connectivity index (χ0v) is 16.9. The molecular formula is C18H27N5O4S. The Labute approximate surface area is 165 Å². The smallest absolute Gasteiger partial charge is 0.220 e. The Bertz CT molecular complexity index is 825. The highest BCUT2D eigenvalue weighted by atomic mass is 32.2. The minimum atomic E-state index is -3.41. The summed E-state index contributed by atoms with van der Waals surface area (Å²) in [5, 5.41) is 7.08. The van der Waals surface area contributed by atoms with Crippen molar-refractivity contribution in [3.8, 4) is 0 Å². The van der Waals surface area contributed by atoms with Crippen LogP contribution in [0.25, 0.3) is 0 Å². The fourth-order valence-corrected chi connectivity index (χ4v) is 4.43. The molecule has 0 radical (unpaired) electrons. The maximum atomic E-state index is 12.6. The van der Waals surface area contributed by atoms with E-state index < -0.39 is 10.0 Å². The molecule has 0 unspecified atom stereocenters. The van der Waals surface area contributed by atoms with E-state index in [2.05, 4.69) is 27.3 Å². The second kappa shape index (κ2) is 9.74. The molecule has 154 valence electrons. The molecule has 0 amide bonds. The van der Waals surface area contributed by atoms with Gasteiger partial charge in [0.25, 0.3) is 0 Å². The summed E-state index contributed by atoms with van der Waals surface area (Å²) in [7, 11) is -3.41. The van der Waals surface area contributed by atoms with Gasteiger partial charge in [0.05, 0.1) is 12.0 Å². The van der Waals surface area contributed by atoms with Gasteiger partial charge in [0.1, 0.15) is 17.8 Å². The molecule has 9 nitrogen and oxygen atoms in total. The summed E-state index contributed by atoms with van der Waals surface area (Å²) in [5.41, 5.74) is 0.423. The summed E-state index contributed by atoms with van der Waals surface area (Å²) >= 11 is 0. The van der Waals surface area contributed by atoms with E-state index in [4.69, 9.17) is 8.94 Å². The molecule has 3 rings (SSSR count). The van der Waals surface area contributed by atoms with Crippen molar-refractivity contribution >= 4 is 16.0 Å². The Morgan fingerprint density at radius 3 is 2.71 bits per heavy atom. The topological polar surface area (TPSA) is 104 Å². The molecule has 0 saturated carbocycles. The Morgan fingerprint density at radius 2 is 2.07 bits per heavy atom. The van der Waals surface area contributed by atoms with Crippen LogP contribution in [-0.4, -0.2) is 68.0 Å². The molecule has 1 N–H and O–H groups in total. The van der Waals surface area contributed by atoms with Gasteiger partial charge in [-0.1, -0.05) is 12.1 Å². The van der Waals surface area contributed by atoms with Crippen molar-refractivity contribution in [3.63, 3.8) is 0 Å². The highest BCUT2D eigenvalue weighted by Gasteiger charge is 2.29. The maximum Gasteiger partial charge on any atom is 0.220 e. The molecule has 1 aliphatic heterocycles. The Kier molecular flexibility index (Phi) is 7.10. The first-order valence-electron chi connectivity index (χ1n) is 9.51. The first-order valence-corrected chi connectivity index (χ1v) is 11.1. The first-order chi connectivity index (χ1) is 13.6. The van der Waals surface area contributed by atoms with E-state index in [1.807, 2.05) is 12.1 Å². The number of rotatable bonds is 8. The summed E-state index contributed by atoms with van der Waals surface area (Å²) in [4.78, 5) is 6.75. The first kappa shape index (κ1) is 20.4. The van der Waals surface area contributed by atoms with Crippen molar-refractivity contribution in [3.05, 3.63) is 42.2 Å². The van der Waals surface area contributed by atoms with Gasteiger partial charge in [0, 0.05) is 51.8 Å². The molecule has 3 heterocycles. The predicted octanol–water partition coefficient (Wildman–Crippen LogP) is 1.31. The van der Waals surface area contributed by atoms with Crippen LogP contribution in [0.15, 0.2) is 44.7 Å². The lowest BCUT2D eigenvalue weighted by molar-refractivity contribution is 0.259. The number of aliphatic imine (C=N–C) groups is 1. The second-order valence-electron chi connectivity index (χ2n) is 6.59. The molecule has 2 aromatic heterocycles. The molecule has 1 aliphatic rings. The minimum Gasteiger partial charge on any atom is -0.469 e. The Balaban J connectivity index is 1.53. The fraction of sp³-hybridized carbons (Fsp3) is 0.556. The SMILES string of the molecule is CCCN=C(NCCc1ccco1)N1CCN(S(=O)(=O)Cc2ccon2)CC1. The molecule has 0 spiro atoms. The van der Waals surface area contributed by atoms with Gasteiger partial charge in [-0.15, -0.1) is 0 Å². The number of piperazine rings is 1. The molecule has 2 aromatic rings. The van der Waals surface area contributed by atoms with Crippen LogP contribution in [0.4, 0.5) is 0 Å². The summed E-state index contributed by atoms with van der Waals surface area (Å²) in [5.74, 6) is 1.61. The number of hydrogen-bond acceptors (Lipinski definition) is 6. The molecule has 1 saturated heterocycles. The van der Waals surface area contributed by atoms with Gasteiger partial charge in [-0.2, -0.15) is 4.31 Å². The average molecular weight is 410 g/mol. The molecule has 0 bridgehead atoms. The largest absolute Gasteiger partial charge is 0.469 e. The van der Waals surface area contributed by atoms with E-state index in [0.29, 0.717) is 38.4 Å². The average Bonchev–Trinajstić information content (AvgIpc) is 3.38. The van der Waals surface area contributed by atoms with Crippen LogP contribution < -0.4 is 5.32 Å². The van der Waals surface area contributed by atoms with Crippen molar-refractivity contribution in [2.75, 3.05) is 39.3 Å². The Hall–Kier alpha value is -2.33. The van der Waals surface area contributed by atoms with E-state index in [1.165, 1.54) is 10.6 Å². The van der Waals surface area contributed by atoms with Crippen LogP contribution in [0.5, 0.6) is 0 Å². The van der Waals surface area contributed by atoms with Gasteiger partial charge in [0.15, 0.2) is 5.96 Å². The van der Waals surface area contributed by atoms with E-state index >= 15 is 0 Å². The van der Waals surface area contributed by atoms with Crippen molar-refractivity contribution in [2.45, 2.75) is 25.5 Å². The van der Waals surface area contributed by atoms with Crippen LogP contribution in [0.2, 0.25) is 0 Å². The third kappa shape index (κ3) is 5.59. The number of furan rings is 1. The molecule has 10 heteroatoms. The van der Waals surface area contributed by atoms with E-state index in [-0.39, 0.29) is 5.75 Å². The number of nitrogens with zero attached hydrogens (tertiary/aromatic N) is 4. The van der Waals surface area contributed by atoms with Gasteiger partial charge in [-0.25, -0.2) is 8.42 Å². The molecule has 0 aromatic carbocycles. The predicted molar refractivity (Wildman–Crippen MR) is 105 cm³/mol. The van der Waals surface area contributed by atoms with Gasteiger partial charge < -0.3 is 19.2 Å². The number of nitrogens with one attached hydrogen (secondary N) is 1. The molecule has 1 fully saturated rings. The lowest BCUT2D eigenvalue weighted by atomic mass is 10.3. The van der Waals surface area contributed by atoms with Crippen molar-refractivity contribution < 1.29 is 17.4 Å². The van der Waals surface area contributed by atoms with E-state index in [1.54, 1.807) is 12.3 Å². The van der Waals surface area contributed by atoms with Crippen molar-refractivity contribution in [1.29, 1.82) is 0 Å². The highest BCUT2D eigenvalue weighted by molar-refractivity contribution is 7.88. The molecule has 28 heavy (non-hydrogen) atoms. The van der Waals surface area contributed by atoms with E-state index in [0.717, 1.165) is 31.1 Å². The number of guanidine groups is 1. The normalized spacial score (nSPS) is 16.5. The molecular weight excluding hydrogens is 382 g/mol. The lowest BCUT2D eigenvalue weighted by Gasteiger charge is -2.35. The zero-order valence-electron chi connectivity index (χ0n) is 16.1. The van der Waals surface area contributed by atoms with Crippen LogP contribution >= 0.6 is 0 Å². The highest BCUT2D eigenvalue weighted by Crippen LogP contribution is 2.13. The van der Waals surface area contributed by atoms with Gasteiger partial charge in [0.2, 0.25) is 10.0 Å². The standard InChI is InChI=1S/C18H27N5O4S/c1-2-7-19-18(20-8-5-17-4-3-13-26-17)22-9-11-23(12-10-22)28(24,25)15-16-6-14-27-21-16/h3-4,6,13-14H,2,5,7-12,15H2,1H3,(H,19,20). The third-order valence-electron chi connectivity index (χ3n) is 4.47. The lowest BCUT2D eigenvalue weighted by Crippen LogP contribution is -2.54. The molecule has 0 aliphatic carbocycles. The number of hydrogen-bond donors (Lipinski definition) is 1. The maximum absolute atomic E-state index is 12.6. The fourth-order valence-electron chi connectivity index (χ4n) is 3.01. The van der Waals surface area contributed by atoms with Gasteiger partial charge in [-0.05, 0) is 18.6 Å².